The molecule has 2 rings (SSSR count). The van der Waals surface area contributed by atoms with Crippen LogP contribution in [0.3, 0.4) is 0 Å². The zero-order valence-electron chi connectivity index (χ0n) is 12.4. The highest BCUT2D eigenvalue weighted by Crippen LogP contribution is 2.26. The van der Waals surface area contributed by atoms with Gasteiger partial charge < -0.3 is 15.4 Å². The second-order valence-corrected chi connectivity index (χ2v) is 4.95. The van der Waals surface area contributed by atoms with E-state index in [2.05, 4.69) is 15.4 Å². The van der Waals surface area contributed by atoms with Gasteiger partial charge >= 0.3 is 5.97 Å². The highest BCUT2D eigenvalue weighted by atomic mass is 19.2. The summed E-state index contributed by atoms with van der Waals surface area (Å²) in [5, 5.41) is 4.82. The van der Waals surface area contributed by atoms with Gasteiger partial charge in [0.25, 0.3) is 0 Å². The van der Waals surface area contributed by atoms with Crippen LogP contribution in [0, 0.1) is 17.6 Å². The number of benzene rings is 1. The van der Waals surface area contributed by atoms with Gasteiger partial charge in [0, 0.05) is 23.9 Å². The normalized spacial score (nSPS) is 17.6. The van der Waals surface area contributed by atoms with E-state index in [1.165, 1.54) is 13.0 Å². The van der Waals surface area contributed by atoms with Crippen molar-refractivity contribution < 1.29 is 27.9 Å². The van der Waals surface area contributed by atoms with Crippen molar-refractivity contribution in [3.05, 3.63) is 41.1 Å². The van der Waals surface area contributed by atoms with Crippen LogP contribution in [-0.4, -0.2) is 24.9 Å². The quantitative estimate of drug-likeness (QED) is 0.825. The minimum Gasteiger partial charge on any atom is -0.466 e. The minimum absolute atomic E-state index is 0.0155. The summed E-state index contributed by atoms with van der Waals surface area (Å²) in [6.45, 7) is 1.47. The Morgan fingerprint density at radius 3 is 2.61 bits per heavy atom. The maximum atomic E-state index is 13.2. The number of nitrogens with one attached hydrogen (secondary N) is 2. The van der Waals surface area contributed by atoms with Gasteiger partial charge in [0.05, 0.1) is 18.6 Å². The molecule has 2 N–H and O–H groups in total. The van der Waals surface area contributed by atoms with Gasteiger partial charge in [0.2, 0.25) is 11.8 Å². The van der Waals surface area contributed by atoms with Gasteiger partial charge in [-0.3, -0.25) is 9.59 Å². The Hall–Kier alpha value is -2.77. The lowest BCUT2D eigenvalue weighted by Crippen LogP contribution is -2.40. The van der Waals surface area contributed by atoms with Crippen molar-refractivity contribution in [3.63, 3.8) is 0 Å². The predicted molar refractivity (Wildman–Crippen MR) is 76.0 cm³/mol. The Labute approximate surface area is 130 Å². The molecule has 122 valence electrons. The topological polar surface area (TPSA) is 84.5 Å². The Bertz CT molecular complexity index is 715. The average molecular weight is 324 g/mol. The van der Waals surface area contributed by atoms with Gasteiger partial charge in [-0.1, -0.05) is 0 Å². The van der Waals surface area contributed by atoms with Crippen molar-refractivity contribution in [2.24, 2.45) is 5.92 Å². The van der Waals surface area contributed by atoms with E-state index < -0.39 is 35.3 Å². The third-order valence-corrected chi connectivity index (χ3v) is 3.38. The largest absolute Gasteiger partial charge is 0.466 e. The highest BCUT2D eigenvalue weighted by Gasteiger charge is 2.36. The summed E-state index contributed by atoms with van der Waals surface area (Å²) < 4.78 is 30.7. The number of halogens is 2. The predicted octanol–water partition coefficient (Wildman–Crippen LogP) is 1.49. The Morgan fingerprint density at radius 2 is 2.00 bits per heavy atom. The molecule has 0 saturated heterocycles. The summed E-state index contributed by atoms with van der Waals surface area (Å²) in [4.78, 5) is 35.8. The molecule has 0 bridgehead atoms. The number of rotatable bonds is 3. The van der Waals surface area contributed by atoms with Crippen molar-refractivity contribution in [2.45, 2.75) is 13.3 Å². The summed E-state index contributed by atoms with van der Waals surface area (Å²) >= 11 is 0. The van der Waals surface area contributed by atoms with Gasteiger partial charge in [-0.2, -0.15) is 0 Å². The molecule has 1 aliphatic rings. The number of ether oxygens (including phenoxy) is 1. The Morgan fingerprint density at radius 1 is 1.30 bits per heavy atom. The molecule has 8 heteroatoms. The maximum Gasteiger partial charge on any atom is 0.336 e. The molecule has 1 unspecified atom stereocenters. The number of esters is 1. The van der Waals surface area contributed by atoms with E-state index >= 15 is 0 Å². The molecule has 0 aromatic heterocycles. The monoisotopic (exact) mass is 324 g/mol. The molecule has 2 amide bonds. The first-order chi connectivity index (χ1) is 10.8. The molecule has 6 nitrogen and oxygen atoms in total. The first-order valence-electron chi connectivity index (χ1n) is 6.68. The van der Waals surface area contributed by atoms with Crippen molar-refractivity contribution in [1.82, 2.24) is 5.32 Å². The molecule has 1 aromatic carbocycles. The van der Waals surface area contributed by atoms with Gasteiger partial charge in [0.15, 0.2) is 11.6 Å². The fraction of sp³-hybridized carbons (Fsp3) is 0.267. The minimum atomic E-state index is -1.12. The molecule has 1 aromatic rings. The van der Waals surface area contributed by atoms with Crippen LogP contribution in [0.2, 0.25) is 0 Å². The van der Waals surface area contributed by atoms with Crippen molar-refractivity contribution >= 4 is 23.5 Å². The molecule has 0 saturated carbocycles. The van der Waals surface area contributed by atoms with Crippen LogP contribution in [0.4, 0.5) is 14.5 Å². The summed E-state index contributed by atoms with van der Waals surface area (Å²) in [5.74, 6) is -5.11. The SMILES string of the molecule is COC(=O)C1=C(C)NC(=O)CC1C(=O)Nc1ccc(F)c(F)c1. The van der Waals surface area contributed by atoms with Crippen molar-refractivity contribution in [3.8, 4) is 0 Å². The number of hydrogen-bond donors (Lipinski definition) is 2. The molecule has 1 atom stereocenters. The Kier molecular flexibility index (Phi) is 4.73. The number of hydrogen-bond acceptors (Lipinski definition) is 4. The molecule has 0 aliphatic carbocycles. The summed E-state index contributed by atoms with van der Waals surface area (Å²) in [6.07, 6.45) is -0.253. The van der Waals surface area contributed by atoms with E-state index in [-0.39, 0.29) is 23.4 Å². The number of amides is 2. The van der Waals surface area contributed by atoms with Crippen molar-refractivity contribution in [1.29, 1.82) is 0 Å². The summed E-state index contributed by atoms with van der Waals surface area (Å²) in [6, 6.07) is 2.85. The molecule has 0 radical (unpaired) electrons. The van der Waals surface area contributed by atoms with Crippen LogP contribution >= 0.6 is 0 Å². The number of carbonyl (C=O) groups is 3. The fourth-order valence-electron chi connectivity index (χ4n) is 2.31. The van der Waals surface area contributed by atoms with E-state index in [9.17, 15) is 23.2 Å². The second kappa shape index (κ2) is 6.55. The smallest absolute Gasteiger partial charge is 0.336 e. The number of allylic oxidation sites excluding steroid dienone is 1. The zero-order valence-corrected chi connectivity index (χ0v) is 12.4. The van der Waals surface area contributed by atoms with Crippen LogP contribution in [0.15, 0.2) is 29.5 Å². The van der Waals surface area contributed by atoms with Crippen LogP contribution in [0.5, 0.6) is 0 Å². The van der Waals surface area contributed by atoms with Crippen LogP contribution in [0.25, 0.3) is 0 Å². The highest BCUT2D eigenvalue weighted by molar-refractivity contribution is 6.06. The second-order valence-electron chi connectivity index (χ2n) is 4.95. The first-order valence-corrected chi connectivity index (χ1v) is 6.68. The van der Waals surface area contributed by atoms with E-state index in [1.807, 2.05) is 0 Å². The van der Waals surface area contributed by atoms with E-state index in [1.54, 1.807) is 0 Å². The van der Waals surface area contributed by atoms with Crippen LogP contribution in [-0.2, 0) is 19.1 Å². The molecule has 1 heterocycles. The first kappa shape index (κ1) is 16.6. The zero-order chi connectivity index (χ0) is 17.1. The third-order valence-electron chi connectivity index (χ3n) is 3.38. The van der Waals surface area contributed by atoms with Gasteiger partial charge in [-0.15, -0.1) is 0 Å². The lowest BCUT2D eigenvalue weighted by Gasteiger charge is -2.25. The number of carbonyl (C=O) groups excluding carboxylic acids is 3. The average Bonchev–Trinajstić information content (AvgIpc) is 2.49. The molecule has 0 fully saturated rings. The molecule has 23 heavy (non-hydrogen) atoms. The number of methoxy groups -OCH3 is 1. The van der Waals surface area contributed by atoms with Crippen LogP contribution in [0.1, 0.15) is 13.3 Å². The van der Waals surface area contributed by atoms with E-state index in [4.69, 9.17) is 0 Å². The lowest BCUT2D eigenvalue weighted by atomic mass is 9.89. The Balaban J connectivity index is 2.28. The molecular formula is C15H14F2N2O4. The van der Waals surface area contributed by atoms with E-state index in [0.717, 1.165) is 19.2 Å². The standard InChI is InChI=1S/C15H14F2N2O4/c1-7-13(15(22)23-2)9(6-12(20)18-7)14(21)19-8-3-4-10(16)11(17)5-8/h3-5,9H,6H2,1-2H3,(H,18,20)(H,19,21). The lowest BCUT2D eigenvalue weighted by molar-refractivity contribution is -0.139. The van der Waals surface area contributed by atoms with Gasteiger partial charge in [-0.05, 0) is 19.1 Å². The molecular weight excluding hydrogens is 310 g/mol. The maximum absolute atomic E-state index is 13.2. The van der Waals surface area contributed by atoms with Crippen LogP contribution < -0.4 is 10.6 Å². The molecule has 1 aliphatic heterocycles. The number of anilines is 1. The molecule has 0 spiro atoms. The fourth-order valence-corrected chi connectivity index (χ4v) is 2.31. The summed E-state index contributed by atoms with van der Waals surface area (Å²) in [5.41, 5.74) is 0.257. The third kappa shape index (κ3) is 3.53. The van der Waals surface area contributed by atoms with E-state index in [0.29, 0.717) is 0 Å². The summed E-state index contributed by atoms with van der Waals surface area (Å²) in [7, 11) is 1.16. The van der Waals surface area contributed by atoms with Gasteiger partial charge in [-0.25, -0.2) is 13.6 Å². The van der Waals surface area contributed by atoms with Crippen molar-refractivity contribution in [2.75, 3.05) is 12.4 Å². The van der Waals surface area contributed by atoms with Gasteiger partial charge in [0.1, 0.15) is 0 Å².